The maximum Gasteiger partial charge on any atom is 0.271 e. The van der Waals surface area contributed by atoms with Crippen LogP contribution in [0.5, 0.6) is 5.75 Å². The van der Waals surface area contributed by atoms with E-state index >= 15 is 0 Å². The Kier molecular flexibility index (Phi) is 5.29. The molecule has 0 spiro atoms. The van der Waals surface area contributed by atoms with Gasteiger partial charge in [0.25, 0.3) is 5.91 Å². The van der Waals surface area contributed by atoms with Crippen LogP contribution in [0, 0.1) is 5.82 Å². The highest BCUT2D eigenvalue weighted by molar-refractivity contribution is 5.94. The predicted molar refractivity (Wildman–Crippen MR) is 109 cm³/mol. The third-order valence-corrected chi connectivity index (χ3v) is 4.66. The number of nitrogens with zero attached hydrogens (tertiary/aromatic N) is 3. The maximum atomic E-state index is 13.0. The Labute approximate surface area is 168 Å². The molecule has 148 valence electrons. The van der Waals surface area contributed by atoms with Crippen LogP contribution < -0.4 is 15.1 Å². The fraction of sp³-hybridized carbons (Fsp3) is 0.182. The Balaban J connectivity index is 1.33. The zero-order valence-corrected chi connectivity index (χ0v) is 16.0. The SMILES string of the molecule is CN(Nc1ccnc(N2CC(Oc3ccc(F)cc3)C2)c1)C(=O)c1ccccc1. The van der Waals surface area contributed by atoms with E-state index in [1.54, 1.807) is 37.5 Å². The van der Waals surface area contributed by atoms with Crippen LogP contribution in [0.3, 0.4) is 0 Å². The minimum Gasteiger partial charge on any atom is -0.487 e. The molecule has 7 heteroatoms. The molecule has 1 saturated heterocycles. The average Bonchev–Trinajstić information content (AvgIpc) is 2.72. The number of ether oxygens (including phenoxy) is 1. The van der Waals surface area contributed by atoms with Crippen molar-refractivity contribution in [2.75, 3.05) is 30.5 Å². The van der Waals surface area contributed by atoms with Gasteiger partial charge >= 0.3 is 0 Å². The highest BCUT2D eigenvalue weighted by atomic mass is 19.1. The molecule has 1 fully saturated rings. The van der Waals surface area contributed by atoms with Gasteiger partial charge in [0.1, 0.15) is 23.5 Å². The third-order valence-electron chi connectivity index (χ3n) is 4.66. The number of hydrazine groups is 1. The van der Waals surface area contributed by atoms with E-state index < -0.39 is 0 Å². The van der Waals surface area contributed by atoms with Crippen molar-refractivity contribution in [3.05, 3.63) is 84.3 Å². The van der Waals surface area contributed by atoms with Gasteiger partial charge in [-0.3, -0.25) is 15.2 Å². The van der Waals surface area contributed by atoms with Gasteiger partial charge in [0.05, 0.1) is 18.8 Å². The molecule has 1 aliphatic rings. The monoisotopic (exact) mass is 392 g/mol. The summed E-state index contributed by atoms with van der Waals surface area (Å²) in [6.45, 7) is 1.37. The van der Waals surface area contributed by atoms with Crippen LogP contribution in [-0.2, 0) is 0 Å². The van der Waals surface area contributed by atoms with Crippen LogP contribution in [0.1, 0.15) is 10.4 Å². The molecular formula is C22H21FN4O2. The van der Waals surface area contributed by atoms with Crippen molar-refractivity contribution in [1.29, 1.82) is 0 Å². The van der Waals surface area contributed by atoms with Crippen LogP contribution in [-0.4, -0.2) is 42.1 Å². The molecule has 0 aliphatic carbocycles. The number of pyridine rings is 1. The van der Waals surface area contributed by atoms with E-state index in [1.807, 2.05) is 30.3 Å². The molecule has 4 rings (SSSR count). The topological polar surface area (TPSA) is 57.7 Å². The lowest BCUT2D eigenvalue weighted by Crippen LogP contribution is -2.54. The number of carbonyl (C=O) groups excluding carboxylic acids is 1. The van der Waals surface area contributed by atoms with Gasteiger partial charge in [-0.15, -0.1) is 0 Å². The number of hydrogen-bond donors (Lipinski definition) is 1. The van der Waals surface area contributed by atoms with Crippen molar-refractivity contribution < 1.29 is 13.9 Å². The average molecular weight is 392 g/mol. The molecule has 1 N–H and O–H groups in total. The van der Waals surface area contributed by atoms with E-state index in [2.05, 4.69) is 15.3 Å². The lowest BCUT2D eigenvalue weighted by Gasteiger charge is -2.40. The summed E-state index contributed by atoms with van der Waals surface area (Å²) in [5.41, 5.74) is 4.47. The van der Waals surface area contributed by atoms with E-state index in [0.29, 0.717) is 24.4 Å². The van der Waals surface area contributed by atoms with Crippen molar-refractivity contribution in [2.45, 2.75) is 6.10 Å². The van der Waals surface area contributed by atoms with Crippen LogP contribution in [0.4, 0.5) is 15.9 Å². The maximum absolute atomic E-state index is 13.0. The van der Waals surface area contributed by atoms with Gasteiger partial charge in [0.2, 0.25) is 0 Å². The van der Waals surface area contributed by atoms with Crippen molar-refractivity contribution >= 4 is 17.4 Å². The summed E-state index contributed by atoms with van der Waals surface area (Å²) in [5.74, 6) is 1.05. The van der Waals surface area contributed by atoms with Crippen LogP contribution >= 0.6 is 0 Å². The van der Waals surface area contributed by atoms with Gasteiger partial charge < -0.3 is 9.64 Å². The minimum absolute atomic E-state index is 0.0289. The number of rotatable bonds is 6. The smallest absolute Gasteiger partial charge is 0.271 e. The highest BCUT2D eigenvalue weighted by Gasteiger charge is 2.29. The fourth-order valence-corrected chi connectivity index (χ4v) is 3.09. The van der Waals surface area contributed by atoms with E-state index in [1.165, 1.54) is 17.1 Å². The van der Waals surface area contributed by atoms with E-state index in [0.717, 1.165) is 11.5 Å². The highest BCUT2D eigenvalue weighted by Crippen LogP contribution is 2.25. The summed E-state index contributed by atoms with van der Waals surface area (Å²) in [4.78, 5) is 19.0. The van der Waals surface area contributed by atoms with Gasteiger partial charge in [-0.25, -0.2) is 9.37 Å². The van der Waals surface area contributed by atoms with Gasteiger partial charge in [-0.05, 0) is 42.5 Å². The molecule has 0 atom stereocenters. The molecule has 0 saturated carbocycles. The quantitative estimate of drug-likeness (QED) is 0.650. The summed E-state index contributed by atoms with van der Waals surface area (Å²) in [5, 5.41) is 1.45. The van der Waals surface area contributed by atoms with E-state index in [4.69, 9.17) is 4.74 Å². The largest absolute Gasteiger partial charge is 0.487 e. The first kappa shape index (κ1) is 18.7. The minimum atomic E-state index is -0.281. The number of amides is 1. The summed E-state index contributed by atoms with van der Waals surface area (Å²) in [6.07, 6.45) is 1.73. The second-order valence-electron chi connectivity index (χ2n) is 6.84. The number of nitrogens with one attached hydrogen (secondary N) is 1. The molecule has 3 aromatic rings. The first-order valence-electron chi connectivity index (χ1n) is 9.31. The number of anilines is 2. The summed E-state index contributed by atoms with van der Waals surface area (Å²) in [6, 6.07) is 18.8. The van der Waals surface area contributed by atoms with Gasteiger partial charge in [-0.2, -0.15) is 0 Å². The van der Waals surface area contributed by atoms with Crippen molar-refractivity contribution in [3.63, 3.8) is 0 Å². The molecule has 1 amide bonds. The number of halogens is 1. The van der Waals surface area contributed by atoms with Crippen LogP contribution in [0.25, 0.3) is 0 Å². The third kappa shape index (κ3) is 4.45. The predicted octanol–water partition coefficient (Wildman–Crippen LogP) is 3.59. The van der Waals surface area contributed by atoms with Crippen molar-refractivity contribution in [2.24, 2.45) is 0 Å². The molecule has 1 aliphatic heterocycles. The molecule has 2 aromatic carbocycles. The molecule has 0 unspecified atom stereocenters. The number of aromatic nitrogens is 1. The second kappa shape index (κ2) is 8.18. The molecule has 29 heavy (non-hydrogen) atoms. The van der Waals surface area contributed by atoms with E-state index in [-0.39, 0.29) is 17.8 Å². The summed E-state index contributed by atoms with van der Waals surface area (Å²) < 4.78 is 18.8. The standard InChI is InChI=1S/C22H21FN4O2/c1-26(22(28)16-5-3-2-4-6-16)25-18-11-12-24-21(13-18)27-14-20(15-27)29-19-9-7-17(23)8-10-19/h2-13,20H,14-15H2,1H3,(H,24,25). The summed E-state index contributed by atoms with van der Waals surface area (Å²) in [7, 11) is 1.69. The Morgan fingerprint density at radius 3 is 2.59 bits per heavy atom. The van der Waals surface area contributed by atoms with Gasteiger partial charge in [0, 0.05) is 24.9 Å². The van der Waals surface area contributed by atoms with Crippen LogP contribution in [0.15, 0.2) is 72.9 Å². The summed E-state index contributed by atoms with van der Waals surface area (Å²) >= 11 is 0. The molecule has 6 nitrogen and oxygen atoms in total. The van der Waals surface area contributed by atoms with Crippen LogP contribution in [0.2, 0.25) is 0 Å². The Hall–Kier alpha value is -3.61. The molecule has 0 bridgehead atoms. The number of benzene rings is 2. The lowest BCUT2D eigenvalue weighted by molar-refractivity contribution is 0.0826. The van der Waals surface area contributed by atoms with Crippen molar-refractivity contribution in [3.8, 4) is 5.75 Å². The normalized spacial score (nSPS) is 13.5. The Bertz CT molecular complexity index is 976. The fourth-order valence-electron chi connectivity index (χ4n) is 3.09. The van der Waals surface area contributed by atoms with Gasteiger partial charge in [-0.1, -0.05) is 18.2 Å². The second-order valence-corrected chi connectivity index (χ2v) is 6.84. The van der Waals surface area contributed by atoms with E-state index in [9.17, 15) is 9.18 Å². The first-order valence-corrected chi connectivity index (χ1v) is 9.31. The lowest BCUT2D eigenvalue weighted by atomic mass is 10.1. The molecular weight excluding hydrogens is 371 g/mol. The number of hydrogen-bond acceptors (Lipinski definition) is 5. The Morgan fingerprint density at radius 2 is 1.86 bits per heavy atom. The zero-order valence-electron chi connectivity index (χ0n) is 16.0. The number of carbonyl (C=O) groups is 1. The Morgan fingerprint density at radius 1 is 1.14 bits per heavy atom. The molecule has 1 aromatic heterocycles. The molecule has 2 heterocycles. The van der Waals surface area contributed by atoms with Crippen molar-refractivity contribution in [1.82, 2.24) is 9.99 Å². The zero-order chi connectivity index (χ0) is 20.2. The molecule has 0 radical (unpaired) electrons. The van der Waals surface area contributed by atoms with Gasteiger partial charge in [0.15, 0.2) is 0 Å². The first-order chi connectivity index (χ1) is 14.1.